The van der Waals surface area contributed by atoms with Gasteiger partial charge < -0.3 is 0 Å². The van der Waals surface area contributed by atoms with Crippen molar-refractivity contribution in [1.82, 2.24) is 5.48 Å². The second-order valence-electron chi connectivity index (χ2n) is 2.22. The van der Waals surface area contributed by atoms with Gasteiger partial charge >= 0.3 is 0 Å². The highest BCUT2D eigenvalue weighted by molar-refractivity contribution is 4.47. The molecule has 0 aliphatic carbocycles. The number of hydroxylamine groups is 1. The van der Waals surface area contributed by atoms with Crippen LogP contribution in [-0.2, 0) is 4.84 Å². The van der Waals surface area contributed by atoms with Crippen LogP contribution in [-0.4, -0.2) is 6.10 Å². The van der Waals surface area contributed by atoms with E-state index in [1.807, 2.05) is 6.92 Å². The minimum Gasteiger partial charge on any atom is -0.299 e. The molecular formula is C7H16NO. The van der Waals surface area contributed by atoms with Crippen molar-refractivity contribution < 1.29 is 4.84 Å². The van der Waals surface area contributed by atoms with Crippen molar-refractivity contribution >= 4 is 0 Å². The lowest BCUT2D eigenvalue weighted by atomic mass is 10.2. The summed E-state index contributed by atoms with van der Waals surface area (Å²) in [6.07, 6.45) is 3.86. The monoisotopic (exact) mass is 130 g/mol. The van der Waals surface area contributed by atoms with Crippen LogP contribution >= 0.6 is 0 Å². The molecule has 0 fully saturated rings. The zero-order chi connectivity index (χ0) is 7.11. The first-order chi connectivity index (χ1) is 4.31. The van der Waals surface area contributed by atoms with Crippen molar-refractivity contribution in [1.29, 1.82) is 0 Å². The molecular weight excluding hydrogens is 114 g/mol. The SMILES string of the molecule is [CH2]NOC(C)CCCC. The largest absolute Gasteiger partial charge is 0.299 e. The molecule has 55 valence electrons. The lowest BCUT2D eigenvalue weighted by Crippen LogP contribution is -2.15. The summed E-state index contributed by atoms with van der Waals surface area (Å²) < 4.78 is 0. The van der Waals surface area contributed by atoms with Crippen molar-refractivity contribution in [2.45, 2.75) is 39.2 Å². The normalized spacial score (nSPS) is 13.7. The van der Waals surface area contributed by atoms with Gasteiger partial charge in [0.25, 0.3) is 0 Å². The lowest BCUT2D eigenvalue weighted by molar-refractivity contribution is 0.00277. The fourth-order valence-electron chi connectivity index (χ4n) is 0.693. The van der Waals surface area contributed by atoms with Crippen molar-refractivity contribution in [3.63, 3.8) is 0 Å². The van der Waals surface area contributed by atoms with Crippen LogP contribution in [0.5, 0.6) is 0 Å². The molecule has 0 aliphatic heterocycles. The Morgan fingerprint density at radius 3 is 2.78 bits per heavy atom. The molecule has 2 heteroatoms. The Morgan fingerprint density at radius 2 is 2.33 bits per heavy atom. The molecule has 0 amide bonds. The quantitative estimate of drug-likeness (QED) is 0.574. The zero-order valence-corrected chi connectivity index (χ0v) is 6.31. The maximum Gasteiger partial charge on any atom is 0.0762 e. The Hall–Kier alpha value is -0.0800. The average molecular weight is 130 g/mol. The van der Waals surface area contributed by atoms with Gasteiger partial charge in [-0.15, -0.1) is 0 Å². The van der Waals surface area contributed by atoms with Crippen LogP contribution < -0.4 is 5.48 Å². The predicted octanol–water partition coefficient (Wildman–Crippen LogP) is 1.88. The zero-order valence-electron chi connectivity index (χ0n) is 6.31. The Balaban J connectivity index is 2.95. The topological polar surface area (TPSA) is 21.3 Å². The second kappa shape index (κ2) is 6.05. The molecule has 0 heterocycles. The molecule has 0 aromatic rings. The van der Waals surface area contributed by atoms with Gasteiger partial charge in [0, 0.05) is 7.05 Å². The number of hydrogen-bond donors (Lipinski definition) is 1. The molecule has 1 atom stereocenters. The number of hydrogen-bond acceptors (Lipinski definition) is 2. The number of nitrogens with one attached hydrogen (secondary N) is 1. The van der Waals surface area contributed by atoms with Crippen molar-refractivity contribution in [3.05, 3.63) is 7.05 Å². The van der Waals surface area contributed by atoms with Gasteiger partial charge in [0.2, 0.25) is 0 Å². The Kier molecular flexibility index (Phi) is 5.99. The summed E-state index contributed by atoms with van der Waals surface area (Å²) in [7, 11) is 3.36. The maximum absolute atomic E-state index is 4.98. The van der Waals surface area contributed by atoms with Crippen LogP contribution in [0.4, 0.5) is 0 Å². The molecule has 0 rings (SSSR count). The fraction of sp³-hybridized carbons (Fsp3) is 0.857. The van der Waals surface area contributed by atoms with E-state index >= 15 is 0 Å². The molecule has 1 unspecified atom stereocenters. The Labute approximate surface area is 57.5 Å². The molecule has 0 spiro atoms. The molecule has 0 saturated heterocycles. The third-order valence-electron chi connectivity index (χ3n) is 1.25. The Bertz CT molecular complexity index is 56.9. The molecule has 1 radical (unpaired) electrons. The van der Waals surface area contributed by atoms with Gasteiger partial charge in [-0.1, -0.05) is 19.8 Å². The lowest BCUT2D eigenvalue weighted by Gasteiger charge is -2.08. The first-order valence-electron chi connectivity index (χ1n) is 3.49. The van der Waals surface area contributed by atoms with Gasteiger partial charge in [0.05, 0.1) is 6.10 Å². The first kappa shape index (κ1) is 8.92. The summed E-state index contributed by atoms with van der Waals surface area (Å²) in [4.78, 5) is 4.98. The summed E-state index contributed by atoms with van der Waals surface area (Å²) in [5, 5.41) is 0. The highest BCUT2D eigenvalue weighted by Crippen LogP contribution is 2.01. The van der Waals surface area contributed by atoms with Crippen LogP contribution in [0, 0.1) is 7.05 Å². The van der Waals surface area contributed by atoms with Crippen LogP contribution in [0.2, 0.25) is 0 Å². The van der Waals surface area contributed by atoms with E-state index in [1.165, 1.54) is 12.8 Å². The van der Waals surface area contributed by atoms with E-state index in [0.717, 1.165) is 6.42 Å². The van der Waals surface area contributed by atoms with Crippen LogP contribution in [0.15, 0.2) is 0 Å². The van der Waals surface area contributed by atoms with Crippen molar-refractivity contribution in [2.75, 3.05) is 0 Å². The first-order valence-corrected chi connectivity index (χ1v) is 3.49. The van der Waals surface area contributed by atoms with Crippen molar-refractivity contribution in [2.24, 2.45) is 0 Å². The molecule has 9 heavy (non-hydrogen) atoms. The standard InChI is InChI=1S/C7H16NO/c1-4-5-6-7(2)9-8-3/h7-8H,3-6H2,1-2H3. The van der Waals surface area contributed by atoms with Crippen LogP contribution in [0.25, 0.3) is 0 Å². The van der Waals surface area contributed by atoms with Crippen molar-refractivity contribution in [3.8, 4) is 0 Å². The van der Waals surface area contributed by atoms with E-state index in [0.29, 0.717) is 6.10 Å². The summed E-state index contributed by atoms with van der Waals surface area (Å²) in [5.41, 5.74) is 2.43. The van der Waals surface area contributed by atoms with Gasteiger partial charge in [-0.3, -0.25) is 4.84 Å². The third-order valence-corrected chi connectivity index (χ3v) is 1.25. The van der Waals surface area contributed by atoms with E-state index in [1.54, 1.807) is 0 Å². The second-order valence-corrected chi connectivity index (χ2v) is 2.22. The maximum atomic E-state index is 4.98. The smallest absolute Gasteiger partial charge is 0.0762 e. The highest BCUT2D eigenvalue weighted by atomic mass is 16.7. The third kappa shape index (κ3) is 5.80. The van der Waals surface area contributed by atoms with E-state index in [9.17, 15) is 0 Å². The van der Waals surface area contributed by atoms with Crippen LogP contribution in [0.1, 0.15) is 33.1 Å². The van der Waals surface area contributed by atoms with E-state index in [-0.39, 0.29) is 0 Å². The summed E-state index contributed by atoms with van der Waals surface area (Å²) in [6, 6.07) is 0. The number of rotatable bonds is 5. The Morgan fingerprint density at radius 1 is 1.67 bits per heavy atom. The molecule has 2 nitrogen and oxygen atoms in total. The minimum absolute atomic E-state index is 0.294. The van der Waals surface area contributed by atoms with Gasteiger partial charge in [-0.25, -0.2) is 5.48 Å². The summed E-state index contributed by atoms with van der Waals surface area (Å²) in [5.74, 6) is 0. The molecule has 0 aromatic heterocycles. The van der Waals surface area contributed by atoms with Gasteiger partial charge in [0.1, 0.15) is 0 Å². The summed E-state index contributed by atoms with van der Waals surface area (Å²) >= 11 is 0. The summed E-state index contributed by atoms with van der Waals surface area (Å²) in [6.45, 7) is 4.21. The van der Waals surface area contributed by atoms with E-state index in [2.05, 4.69) is 19.5 Å². The molecule has 0 saturated carbocycles. The van der Waals surface area contributed by atoms with Gasteiger partial charge in [-0.2, -0.15) is 0 Å². The van der Waals surface area contributed by atoms with Crippen LogP contribution in [0.3, 0.4) is 0 Å². The predicted molar refractivity (Wildman–Crippen MR) is 38.6 cm³/mol. The van der Waals surface area contributed by atoms with Gasteiger partial charge in [0.15, 0.2) is 0 Å². The fourth-order valence-corrected chi connectivity index (χ4v) is 0.693. The number of unbranched alkanes of at least 4 members (excludes halogenated alkanes) is 1. The minimum atomic E-state index is 0.294. The van der Waals surface area contributed by atoms with E-state index in [4.69, 9.17) is 4.84 Å². The van der Waals surface area contributed by atoms with E-state index < -0.39 is 0 Å². The highest BCUT2D eigenvalue weighted by Gasteiger charge is 1.97. The molecule has 0 aliphatic rings. The van der Waals surface area contributed by atoms with Gasteiger partial charge in [-0.05, 0) is 13.3 Å². The molecule has 0 aromatic carbocycles. The molecule has 0 bridgehead atoms. The average Bonchev–Trinajstić information content (AvgIpc) is 1.85. The molecule has 1 N–H and O–H groups in total.